The van der Waals surface area contributed by atoms with E-state index in [1.165, 1.54) is 25.7 Å². The van der Waals surface area contributed by atoms with Gasteiger partial charge in [0.1, 0.15) is 0 Å². The van der Waals surface area contributed by atoms with Gasteiger partial charge in [0, 0.05) is 0 Å². The first-order valence-electron chi connectivity index (χ1n) is 4.60. The Labute approximate surface area is 63.0 Å². The van der Waals surface area contributed by atoms with Crippen molar-refractivity contribution in [3.63, 3.8) is 0 Å². The lowest BCUT2D eigenvalue weighted by Crippen LogP contribution is -2.13. The zero-order chi connectivity index (χ0) is 6.97. The van der Waals surface area contributed by atoms with E-state index in [4.69, 9.17) is 5.73 Å². The topological polar surface area (TPSA) is 26.0 Å². The molecule has 1 heteroatoms. The average Bonchev–Trinajstić information content (AvgIpc) is 2.66. The van der Waals surface area contributed by atoms with Crippen molar-refractivity contribution >= 4 is 0 Å². The Balaban J connectivity index is 1.77. The molecule has 0 unspecified atom stereocenters. The molecular weight excluding hydrogens is 122 g/mol. The van der Waals surface area contributed by atoms with Crippen LogP contribution in [0.3, 0.4) is 0 Å². The second kappa shape index (κ2) is 2.54. The van der Waals surface area contributed by atoms with E-state index in [9.17, 15) is 0 Å². The van der Waals surface area contributed by atoms with Crippen LogP contribution < -0.4 is 5.73 Å². The van der Waals surface area contributed by atoms with Gasteiger partial charge in [0.2, 0.25) is 0 Å². The molecule has 0 heterocycles. The Kier molecular flexibility index (Phi) is 1.69. The van der Waals surface area contributed by atoms with E-state index in [1.54, 1.807) is 6.42 Å². The second-order valence-corrected chi connectivity index (χ2v) is 4.01. The summed E-state index contributed by atoms with van der Waals surface area (Å²) in [6.07, 6.45) is 7.31. The summed E-state index contributed by atoms with van der Waals surface area (Å²) in [7, 11) is 0. The predicted molar refractivity (Wildman–Crippen MR) is 42.6 cm³/mol. The summed E-state index contributed by atoms with van der Waals surface area (Å²) < 4.78 is 0. The van der Waals surface area contributed by atoms with Crippen LogP contribution in [-0.2, 0) is 0 Å². The third-order valence-corrected chi connectivity index (χ3v) is 3.23. The lowest BCUT2D eigenvalue weighted by atomic mass is 9.87. The van der Waals surface area contributed by atoms with Crippen molar-refractivity contribution < 1.29 is 0 Å². The number of hydrogen-bond donors (Lipinski definition) is 1. The van der Waals surface area contributed by atoms with Crippen LogP contribution in [0.25, 0.3) is 0 Å². The van der Waals surface area contributed by atoms with Crippen molar-refractivity contribution in [3.05, 3.63) is 0 Å². The zero-order valence-electron chi connectivity index (χ0n) is 6.55. The Hall–Kier alpha value is -0.0400. The molecule has 2 aliphatic rings. The third kappa shape index (κ3) is 1.20. The summed E-state index contributed by atoms with van der Waals surface area (Å²) in [5.41, 5.74) is 5.52. The average molecular weight is 139 g/mol. The molecule has 10 heavy (non-hydrogen) atoms. The molecule has 0 spiro atoms. The van der Waals surface area contributed by atoms with Crippen molar-refractivity contribution in [2.45, 2.75) is 32.1 Å². The molecule has 0 aliphatic heterocycles. The van der Waals surface area contributed by atoms with Gasteiger partial charge in [0.25, 0.3) is 0 Å². The van der Waals surface area contributed by atoms with Gasteiger partial charge in [0.05, 0.1) is 0 Å². The molecule has 1 nitrogen and oxygen atoms in total. The number of hydrogen-bond acceptors (Lipinski definition) is 1. The van der Waals surface area contributed by atoms with Gasteiger partial charge < -0.3 is 5.73 Å². The molecule has 0 amide bonds. The summed E-state index contributed by atoms with van der Waals surface area (Å²) in [4.78, 5) is 0. The monoisotopic (exact) mass is 139 g/mol. The van der Waals surface area contributed by atoms with Gasteiger partial charge in [0.15, 0.2) is 0 Å². The molecule has 2 saturated carbocycles. The molecular formula is C9H17N. The summed E-state index contributed by atoms with van der Waals surface area (Å²) in [6.45, 7) is 0.905. The van der Waals surface area contributed by atoms with E-state index in [1.807, 2.05) is 0 Å². The maximum absolute atomic E-state index is 5.52. The molecule has 2 rings (SSSR count). The van der Waals surface area contributed by atoms with Crippen molar-refractivity contribution in [3.8, 4) is 0 Å². The van der Waals surface area contributed by atoms with E-state index >= 15 is 0 Å². The van der Waals surface area contributed by atoms with Gasteiger partial charge in [-0.2, -0.15) is 0 Å². The molecule has 0 saturated heterocycles. The molecule has 2 fully saturated rings. The van der Waals surface area contributed by atoms with Crippen LogP contribution in [0.2, 0.25) is 0 Å². The maximum atomic E-state index is 5.52. The Morgan fingerprint density at radius 1 is 1.10 bits per heavy atom. The molecule has 0 aromatic heterocycles. The Bertz CT molecular complexity index is 122. The highest BCUT2D eigenvalue weighted by Gasteiger charge is 2.41. The van der Waals surface area contributed by atoms with E-state index in [0.29, 0.717) is 0 Å². The Morgan fingerprint density at radius 3 is 2.70 bits per heavy atom. The summed E-state index contributed by atoms with van der Waals surface area (Å²) in [5.74, 6) is 3.27. The fourth-order valence-corrected chi connectivity index (χ4v) is 2.45. The minimum atomic E-state index is 0.905. The molecule has 0 aromatic rings. The first-order chi connectivity index (χ1) is 4.90. The summed E-state index contributed by atoms with van der Waals surface area (Å²) in [5, 5.41) is 0. The van der Waals surface area contributed by atoms with Gasteiger partial charge in [-0.05, 0) is 50.0 Å². The normalized spacial score (nSPS) is 44.7. The fourth-order valence-electron chi connectivity index (χ4n) is 2.45. The second-order valence-electron chi connectivity index (χ2n) is 4.01. The lowest BCUT2D eigenvalue weighted by Gasteiger charge is -2.19. The van der Waals surface area contributed by atoms with Gasteiger partial charge >= 0.3 is 0 Å². The van der Waals surface area contributed by atoms with Crippen molar-refractivity contribution in [2.24, 2.45) is 23.5 Å². The van der Waals surface area contributed by atoms with Crippen molar-refractivity contribution in [1.82, 2.24) is 0 Å². The molecule has 0 bridgehead atoms. The highest BCUT2D eigenvalue weighted by Crippen LogP contribution is 2.51. The van der Waals surface area contributed by atoms with Crippen LogP contribution in [0, 0.1) is 17.8 Å². The smallest absolute Gasteiger partial charge is 0.00746 e. The van der Waals surface area contributed by atoms with Gasteiger partial charge in [-0.15, -0.1) is 0 Å². The lowest BCUT2D eigenvalue weighted by molar-refractivity contribution is 0.329. The molecule has 2 N–H and O–H groups in total. The quantitative estimate of drug-likeness (QED) is 0.620. The van der Waals surface area contributed by atoms with Gasteiger partial charge in [-0.25, -0.2) is 0 Å². The van der Waals surface area contributed by atoms with E-state index < -0.39 is 0 Å². The number of nitrogens with two attached hydrogens (primary N) is 1. The van der Waals surface area contributed by atoms with E-state index in [2.05, 4.69) is 0 Å². The SMILES string of the molecule is NCC[C@@H]1CC[C@H]2C[C@H]2C1. The standard InChI is InChI=1S/C9H17N/c10-4-3-7-1-2-8-6-9(8)5-7/h7-9H,1-6,10H2/t7-,8-,9+/m0/s1. The van der Waals surface area contributed by atoms with Crippen LogP contribution in [-0.4, -0.2) is 6.54 Å². The number of rotatable bonds is 2. The largest absolute Gasteiger partial charge is 0.330 e. The van der Waals surface area contributed by atoms with Gasteiger partial charge in [-0.3, -0.25) is 0 Å². The van der Waals surface area contributed by atoms with Gasteiger partial charge in [-0.1, -0.05) is 6.42 Å². The minimum absolute atomic E-state index is 0.905. The highest BCUT2D eigenvalue weighted by atomic mass is 14.5. The van der Waals surface area contributed by atoms with Crippen LogP contribution in [0.15, 0.2) is 0 Å². The molecule has 0 aromatic carbocycles. The first-order valence-corrected chi connectivity index (χ1v) is 4.60. The summed E-state index contributed by atoms with van der Waals surface area (Å²) >= 11 is 0. The van der Waals surface area contributed by atoms with Crippen molar-refractivity contribution in [1.29, 1.82) is 0 Å². The molecule has 0 radical (unpaired) electrons. The van der Waals surface area contributed by atoms with E-state index in [0.717, 1.165) is 24.3 Å². The first kappa shape index (κ1) is 6.66. The van der Waals surface area contributed by atoms with E-state index in [-0.39, 0.29) is 0 Å². The molecule has 58 valence electrons. The Morgan fingerprint density at radius 2 is 2.00 bits per heavy atom. The van der Waals surface area contributed by atoms with Crippen LogP contribution >= 0.6 is 0 Å². The molecule has 3 atom stereocenters. The number of fused-ring (bicyclic) bond motifs is 1. The van der Waals surface area contributed by atoms with Crippen LogP contribution in [0.1, 0.15) is 32.1 Å². The highest BCUT2D eigenvalue weighted by molar-refractivity contribution is 4.92. The fraction of sp³-hybridized carbons (Fsp3) is 1.00. The van der Waals surface area contributed by atoms with Crippen LogP contribution in [0.5, 0.6) is 0 Å². The zero-order valence-corrected chi connectivity index (χ0v) is 6.55. The van der Waals surface area contributed by atoms with Crippen molar-refractivity contribution in [2.75, 3.05) is 6.54 Å². The minimum Gasteiger partial charge on any atom is -0.330 e. The maximum Gasteiger partial charge on any atom is -0.00746 e. The predicted octanol–water partition coefficient (Wildman–Crippen LogP) is 1.77. The van der Waals surface area contributed by atoms with Crippen LogP contribution in [0.4, 0.5) is 0 Å². The molecule has 2 aliphatic carbocycles. The third-order valence-electron chi connectivity index (χ3n) is 3.23. The summed E-state index contributed by atoms with van der Waals surface area (Å²) in [6, 6.07) is 0.